The first-order chi connectivity index (χ1) is 12.5. The number of nitrogens with zero attached hydrogens (tertiary/aromatic N) is 1. The lowest BCUT2D eigenvalue weighted by Crippen LogP contribution is -2.47. The minimum Gasteiger partial charge on any atom is -0.497 e. The van der Waals surface area contributed by atoms with Gasteiger partial charge in [-0.2, -0.15) is 0 Å². The number of amides is 1. The summed E-state index contributed by atoms with van der Waals surface area (Å²) < 4.78 is 5.16. The summed E-state index contributed by atoms with van der Waals surface area (Å²) in [5, 5.41) is 12.1. The number of methoxy groups -OCH3 is 1. The zero-order valence-corrected chi connectivity index (χ0v) is 14.7. The van der Waals surface area contributed by atoms with Gasteiger partial charge in [0, 0.05) is 18.0 Å². The van der Waals surface area contributed by atoms with E-state index in [1.54, 1.807) is 19.4 Å². The van der Waals surface area contributed by atoms with Crippen LogP contribution in [0.3, 0.4) is 0 Å². The summed E-state index contributed by atoms with van der Waals surface area (Å²) in [4.78, 5) is 28.1. The van der Waals surface area contributed by atoms with Gasteiger partial charge in [-0.15, -0.1) is 0 Å². The van der Waals surface area contributed by atoms with Crippen molar-refractivity contribution in [3.05, 3.63) is 48.3 Å². The van der Waals surface area contributed by atoms with Crippen LogP contribution in [-0.2, 0) is 4.79 Å². The van der Waals surface area contributed by atoms with Crippen molar-refractivity contribution >= 4 is 11.9 Å². The van der Waals surface area contributed by atoms with Gasteiger partial charge >= 0.3 is 5.97 Å². The minimum absolute atomic E-state index is 0.0513. The molecule has 0 bridgehead atoms. The molecular weight excluding hydrogens is 332 g/mol. The lowest BCUT2D eigenvalue weighted by atomic mass is 9.92. The highest BCUT2D eigenvalue weighted by Crippen LogP contribution is 2.33. The Kier molecular flexibility index (Phi) is 5.21. The van der Waals surface area contributed by atoms with Crippen LogP contribution >= 0.6 is 0 Å². The van der Waals surface area contributed by atoms with Crippen molar-refractivity contribution in [3.63, 3.8) is 0 Å². The molecule has 0 aliphatic heterocycles. The molecular formula is C20H22N2O4. The standard InChI is InChI=1S/C20H22N2O4/c1-26-17-6-4-14(5-7-17)15-10-16(13-21-12-15)19(25)22-20(11-18(23)24)8-2-3-9-20/h4-7,10,12-13H,2-3,8-9,11H2,1H3,(H,22,25)(H,23,24). The van der Waals surface area contributed by atoms with Crippen molar-refractivity contribution in [1.29, 1.82) is 0 Å². The first kappa shape index (κ1) is 17.9. The molecule has 2 aromatic rings. The van der Waals surface area contributed by atoms with Gasteiger partial charge < -0.3 is 15.2 Å². The summed E-state index contributed by atoms with van der Waals surface area (Å²) in [7, 11) is 1.61. The molecule has 0 radical (unpaired) electrons. The topological polar surface area (TPSA) is 88.5 Å². The van der Waals surface area contributed by atoms with Gasteiger partial charge in [0.15, 0.2) is 0 Å². The van der Waals surface area contributed by atoms with Gasteiger partial charge in [0.2, 0.25) is 0 Å². The number of carboxylic acids is 1. The fourth-order valence-electron chi connectivity index (χ4n) is 3.51. The van der Waals surface area contributed by atoms with Gasteiger partial charge in [-0.25, -0.2) is 0 Å². The summed E-state index contributed by atoms with van der Waals surface area (Å²) in [6, 6.07) is 9.28. The molecule has 6 heteroatoms. The highest BCUT2D eigenvalue weighted by Gasteiger charge is 2.37. The molecule has 26 heavy (non-hydrogen) atoms. The van der Waals surface area contributed by atoms with Crippen LogP contribution in [0.1, 0.15) is 42.5 Å². The monoisotopic (exact) mass is 354 g/mol. The molecule has 1 saturated carbocycles. The Balaban J connectivity index is 1.80. The second-order valence-corrected chi connectivity index (χ2v) is 6.70. The molecule has 6 nitrogen and oxygen atoms in total. The average Bonchev–Trinajstić information content (AvgIpc) is 3.09. The van der Waals surface area contributed by atoms with E-state index in [-0.39, 0.29) is 12.3 Å². The third-order valence-electron chi connectivity index (χ3n) is 4.85. The number of benzene rings is 1. The zero-order valence-electron chi connectivity index (χ0n) is 14.7. The Hall–Kier alpha value is -2.89. The molecule has 1 heterocycles. The number of rotatable bonds is 6. The molecule has 0 saturated heterocycles. The third-order valence-corrected chi connectivity index (χ3v) is 4.85. The predicted octanol–water partition coefficient (Wildman–Crippen LogP) is 3.27. The van der Waals surface area contributed by atoms with Crippen LogP contribution in [0.15, 0.2) is 42.7 Å². The van der Waals surface area contributed by atoms with Crippen LogP contribution in [0.4, 0.5) is 0 Å². The van der Waals surface area contributed by atoms with Crippen molar-refractivity contribution in [2.45, 2.75) is 37.6 Å². The van der Waals surface area contributed by atoms with Gasteiger partial charge in [-0.05, 0) is 36.6 Å². The van der Waals surface area contributed by atoms with E-state index in [0.717, 1.165) is 29.7 Å². The maximum Gasteiger partial charge on any atom is 0.305 e. The van der Waals surface area contributed by atoms with E-state index < -0.39 is 11.5 Å². The molecule has 1 aromatic carbocycles. The first-order valence-corrected chi connectivity index (χ1v) is 8.65. The lowest BCUT2D eigenvalue weighted by molar-refractivity contribution is -0.138. The van der Waals surface area contributed by atoms with E-state index in [2.05, 4.69) is 10.3 Å². The fraction of sp³-hybridized carbons (Fsp3) is 0.350. The Morgan fingerprint density at radius 3 is 2.46 bits per heavy atom. The van der Waals surface area contributed by atoms with Crippen LogP contribution in [-0.4, -0.2) is 34.6 Å². The Bertz CT molecular complexity index is 796. The summed E-state index contributed by atoms with van der Waals surface area (Å²) in [5.74, 6) is -0.416. The molecule has 0 atom stereocenters. The molecule has 1 aromatic heterocycles. The fourth-order valence-corrected chi connectivity index (χ4v) is 3.51. The second-order valence-electron chi connectivity index (χ2n) is 6.70. The lowest BCUT2D eigenvalue weighted by Gasteiger charge is -2.28. The SMILES string of the molecule is COc1ccc(-c2cncc(C(=O)NC3(CC(=O)O)CCCC3)c2)cc1. The van der Waals surface area contributed by atoms with Crippen molar-refractivity contribution in [3.8, 4) is 16.9 Å². The summed E-state index contributed by atoms with van der Waals surface area (Å²) >= 11 is 0. The molecule has 3 rings (SSSR count). The van der Waals surface area contributed by atoms with Gasteiger partial charge in [0.05, 0.1) is 24.6 Å². The van der Waals surface area contributed by atoms with Crippen molar-refractivity contribution < 1.29 is 19.4 Å². The van der Waals surface area contributed by atoms with Crippen molar-refractivity contribution in [2.75, 3.05) is 7.11 Å². The summed E-state index contributed by atoms with van der Waals surface area (Å²) in [6.07, 6.45) is 6.39. The largest absolute Gasteiger partial charge is 0.497 e. The Morgan fingerprint density at radius 2 is 1.85 bits per heavy atom. The predicted molar refractivity (Wildman–Crippen MR) is 97.1 cm³/mol. The highest BCUT2D eigenvalue weighted by atomic mass is 16.5. The van der Waals surface area contributed by atoms with Crippen LogP contribution < -0.4 is 10.1 Å². The zero-order chi connectivity index (χ0) is 18.6. The summed E-state index contributed by atoms with van der Waals surface area (Å²) in [6.45, 7) is 0. The van der Waals surface area contributed by atoms with Crippen LogP contribution in [0.25, 0.3) is 11.1 Å². The number of aromatic nitrogens is 1. The number of aliphatic carboxylic acids is 1. The smallest absolute Gasteiger partial charge is 0.305 e. The molecule has 136 valence electrons. The van der Waals surface area contributed by atoms with Crippen molar-refractivity contribution in [2.24, 2.45) is 0 Å². The van der Waals surface area contributed by atoms with E-state index in [4.69, 9.17) is 4.74 Å². The number of pyridine rings is 1. The summed E-state index contributed by atoms with van der Waals surface area (Å²) in [5.41, 5.74) is 1.52. The van der Waals surface area contributed by atoms with Crippen LogP contribution in [0.2, 0.25) is 0 Å². The normalized spacial score (nSPS) is 15.4. The number of hydrogen-bond acceptors (Lipinski definition) is 4. The number of carbonyl (C=O) groups is 2. The number of carboxylic acid groups (broad SMARTS) is 1. The molecule has 0 spiro atoms. The maximum absolute atomic E-state index is 12.7. The van der Waals surface area contributed by atoms with Gasteiger partial charge in [0.25, 0.3) is 5.91 Å². The van der Waals surface area contributed by atoms with Gasteiger partial charge in [0.1, 0.15) is 5.75 Å². The van der Waals surface area contributed by atoms with E-state index in [0.29, 0.717) is 18.4 Å². The molecule has 0 unspecified atom stereocenters. The van der Waals surface area contributed by atoms with E-state index in [9.17, 15) is 14.7 Å². The van der Waals surface area contributed by atoms with Crippen LogP contribution in [0.5, 0.6) is 5.75 Å². The quantitative estimate of drug-likeness (QED) is 0.831. The highest BCUT2D eigenvalue weighted by molar-refractivity contribution is 5.95. The van der Waals surface area contributed by atoms with E-state index in [1.807, 2.05) is 24.3 Å². The van der Waals surface area contributed by atoms with Gasteiger partial charge in [-0.3, -0.25) is 14.6 Å². The van der Waals surface area contributed by atoms with Crippen LogP contribution in [0, 0.1) is 0 Å². The number of ether oxygens (including phenoxy) is 1. The number of hydrogen-bond donors (Lipinski definition) is 2. The molecule has 2 N–H and O–H groups in total. The molecule has 1 aliphatic rings. The second kappa shape index (κ2) is 7.56. The first-order valence-electron chi connectivity index (χ1n) is 8.65. The number of nitrogens with one attached hydrogen (secondary N) is 1. The van der Waals surface area contributed by atoms with Gasteiger partial charge in [-0.1, -0.05) is 25.0 Å². The van der Waals surface area contributed by atoms with Crippen molar-refractivity contribution in [1.82, 2.24) is 10.3 Å². The number of carbonyl (C=O) groups excluding carboxylic acids is 1. The molecule has 1 aliphatic carbocycles. The third kappa shape index (κ3) is 4.02. The Morgan fingerprint density at radius 1 is 1.15 bits per heavy atom. The van der Waals surface area contributed by atoms with E-state index in [1.165, 1.54) is 6.20 Å². The molecule has 1 amide bonds. The average molecular weight is 354 g/mol. The minimum atomic E-state index is -0.891. The Labute approximate surface area is 152 Å². The molecule has 1 fully saturated rings. The van der Waals surface area contributed by atoms with E-state index >= 15 is 0 Å². The maximum atomic E-state index is 12.7.